The zero-order valence-electron chi connectivity index (χ0n) is 30.1. The Bertz CT molecular complexity index is 1600. The van der Waals surface area contributed by atoms with E-state index in [1.165, 1.54) is 23.2 Å². The molecule has 2 fully saturated rings. The molecule has 51 heavy (non-hydrogen) atoms. The fourth-order valence-corrected chi connectivity index (χ4v) is 8.05. The fraction of sp³-hybridized carbons (Fsp3) is 0.595. The van der Waals surface area contributed by atoms with Crippen LogP contribution in [0.25, 0.3) is 0 Å². The predicted octanol–water partition coefficient (Wildman–Crippen LogP) is 2.72. The van der Waals surface area contributed by atoms with Crippen LogP contribution in [0.1, 0.15) is 100 Å². The molecule has 2 bridgehead atoms. The zero-order chi connectivity index (χ0) is 36.8. The Morgan fingerprint density at radius 1 is 0.765 bits per heavy atom. The molecule has 2 aromatic rings. The summed E-state index contributed by atoms with van der Waals surface area (Å²) >= 11 is 1.24. The molecule has 0 aliphatic carbocycles. The summed E-state index contributed by atoms with van der Waals surface area (Å²) in [5.41, 5.74) is 0.925. The minimum absolute atomic E-state index is 0.0338. The van der Waals surface area contributed by atoms with Gasteiger partial charge >= 0.3 is 0 Å². The van der Waals surface area contributed by atoms with Crippen molar-refractivity contribution >= 4 is 46.8 Å². The van der Waals surface area contributed by atoms with Crippen LogP contribution in [0.5, 0.6) is 0 Å². The summed E-state index contributed by atoms with van der Waals surface area (Å²) in [5.74, 6) is -2.89. The molecule has 4 heterocycles. The van der Waals surface area contributed by atoms with E-state index in [1.54, 1.807) is 10.3 Å². The third-order valence-corrected chi connectivity index (χ3v) is 11.6. The number of aromatic nitrogens is 1. The molecule has 5 rings (SSSR count). The highest BCUT2D eigenvalue weighted by atomic mass is 32.1. The molecule has 4 N–H and O–H groups in total. The number of nitrogens with zero attached hydrogens (tertiary/aromatic N) is 3. The Hall–Kier alpha value is -4.33. The zero-order valence-corrected chi connectivity index (χ0v) is 31.0. The van der Waals surface area contributed by atoms with Gasteiger partial charge < -0.3 is 31.1 Å². The van der Waals surface area contributed by atoms with E-state index >= 15 is 0 Å². The van der Waals surface area contributed by atoms with Crippen LogP contribution in [0.4, 0.5) is 0 Å². The number of benzene rings is 1. The number of nitrogens with one attached hydrogen (secondary N) is 4. The van der Waals surface area contributed by atoms with Gasteiger partial charge in [0.05, 0.1) is 6.04 Å². The Balaban J connectivity index is 1.52. The van der Waals surface area contributed by atoms with Gasteiger partial charge in [-0.15, -0.1) is 11.3 Å². The van der Waals surface area contributed by atoms with E-state index in [0.717, 1.165) is 12.0 Å². The molecule has 3 aliphatic rings. The molecule has 6 amide bonds. The Kier molecular flexibility index (Phi) is 12.5. The maximum atomic E-state index is 14.3. The van der Waals surface area contributed by atoms with Crippen molar-refractivity contribution in [3.8, 4) is 0 Å². The Morgan fingerprint density at radius 3 is 1.94 bits per heavy atom. The first-order valence-corrected chi connectivity index (χ1v) is 19.1. The lowest BCUT2D eigenvalue weighted by Gasteiger charge is -2.34. The van der Waals surface area contributed by atoms with E-state index in [4.69, 9.17) is 0 Å². The van der Waals surface area contributed by atoms with Crippen molar-refractivity contribution in [3.63, 3.8) is 0 Å². The molecule has 2 saturated heterocycles. The molecule has 0 radical (unpaired) electrons. The van der Waals surface area contributed by atoms with Crippen LogP contribution in [0.3, 0.4) is 0 Å². The lowest BCUT2D eigenvalue weighted by Crippen LogP contribution is -2.60. The maximum Gasteiger partial charge on any atom is 0.271 e. The van der Waals surface area contributed by atoms with Crippen LogP contribution in [0, 0.1) is 11.8 Å². The molecular formula is C37H51N7O6S. The fourth-order valence-electron chi connectivity index (χ4n) is 7.07. The van der Waals surface area contributed by atoms with Crippen molar-refractivity contribution in [1.82, 2.24) is 36.1 Å². The first kappa shape index (κ1) is 37.9. The Morgan fingerprint density at radius 2 is 1.33 bits per heavy atom. The second-order valence-corrected chi connectivity index (χ2v) is 15.0. The second-order valence-electron chi connectivity index (χ2n) is 14.1. The highest BCUT2D eigenvalue weighted by Gasteiger charge is 2.43. The van der Waals surface area contributed by atoms with E-state index in [9.17, 15) is 28.8 Å². The van der Waals surface area contributed by atoms with Gasteiger partial charge in [0.2, 0.25) is 29.5 Å². The highest BCUT2D eigenvalue weighted by Crippen LogP contribution is 2.30. The predicted molar refractivity (Wildman–Crippen MR) is 192 cm³/mol. The third kappa shape index (κ3) is 8.59. The van der Waals surface area contributed by atoms with Gasteiger partial charge in [-0.25, -0.2) is 4.98 Å². The van der Waals surface area contributed by atoms with E-state index in [2.05, 4.69) is 26.3 Å². The van der Waals surface area contributed by atoms with Crippen molar-refractivity contribution in [1.29, 1.82) is 0 Å². The van der Waals surface area contributed by atoms with Crippen molar-refractivity contribution < 1.29 is 28.8 Å². The van der Waals surface area contributed by atoms with Crippen LogP contribution in [-0.2, 0) is 30.4 Å². The average Bonchev–Trinajstić information content (AvgIpc) is 3.93. The standard InChI is InChI=1S/C37H51N7O6S/c1-6-21(3)29-35-40-26(20-51-35)32(46)38-23(5)31(45)39-25(19-24-13-9-8-10-14-24)36(49)43-17-11-15-27(43)34(48)42-30(22(4)7-2)37(50)44-18-12-16-28(44)33(47)41-29/h8-10,13-14,20-23,25,27-30H,6-7,11-12,15-19H2,1-5H3,(H,38,46)(H,39,45)(H,41,47)(H,42,48)/t21?,22?,23-,25-,27-,28-,29-,30-/m0/s1. The molecule has 13 nitrogen and oxygen atoms in total. The van der Waals surface area contributed by atoms with Gasteiger partial charge in [-0.3, -0.25) is 28.8 Å². The van der Waals surface area contributed by atoms with E-state index < -0.39 is 59.9 Å². The normalized spacial score (nSPS) is 28.1. The Labute approximate surface area is 303 Å². The lowest BCUT2D eigenvalue weighted by molar-refractivity contribution is -0.145. The van der Waals surface area contributed by atoms with E-state index in [0.29, 0.717) is 50.2 Å². The van der Waals surface area contributed by atoms with Crippen molar-refractivity contribution in [2.45, 2.75) is 116 Å². The minimum atomic E-state index is -1.02. The van der Waals surface area contributed by atoms with Gasteiger partial charge in [0.1, 0.15) is 40.9 Å². The SMILES string of the molecule is CCC(C)[C@@H]1NC(=O)[C@@H]2CCCN2C(=O)[C@H](Cc2ccccc2)NC(=O)[C@H](C)NC(=O)c2csc(n2)[C@H](C(C)CC)NC(=O)[C@@H]2CCCN2C1=O. The summed E-state index contributed by atoms with van der Waals surface area (Å²) < 4.78 is 0. The van der Waals surface area contributed by atoms with Crippen LogP contribution in [0.15, 0.2) is 35.7 Å². The first-order valence-electron chi connectivity index (χ1n) is 18.3. The molecule has 0 spiro atoms. The molecule has 14 heteroatoms. The molecule has 276 valence electrons. The average molecular weight is 722 g/mol. The number of rotatable bonds is 6. The largest absolute Gasteiger partial charge is 0.345 e. The molecule has 3 aliphatic heterocycles. The monoisotopic (exact) mass is 721 g/mol. The van der Waals surface area contributed by atoms with Gasteiger partial charge in [0.15, 0.2) is 0 Å². The summed E-state index contributed by atoms with van der Waals surface area (Å²) in [7, 11) is 0. The smallest absolute Gasteiger partial charge is 0.271 e. The quantitative estimate of drug-likeness (QED) is 0.356. The summed E-state index contributed by atoms with van der Waals surface area (Å²) in [5, 5.41) is 13.8. The van der Waals surface area contributed by atoms with Crippen molar-refractivity contribution in [2.24, 2.45) is 11.8 Å². The number of hydrogen-bond donors (Lipinski definition) is 4. The van der Waals surface area contributed by atoms with Crippen LogP contribution >= 0.6 is 11.3 Å². The van der Waals surface area contributed by atoms with Crippen LogP contribution < -0.4 is 21.3 Å². The summed E-state index contributed by atoms with van der Waals surface area (Å²) in [4.78, 5) is 91.0. The topological polar surface area (TPSA) is 170 Å². The van der Waals surface area contributed by atoms with Gasteiger partial charge in [-0.1, -0.05) is 70.9 Å². The van der Waals surface area contributed by atoms with Crippen molar-refractivity contribution in [3.05, 3.63) is 52.0 Å². The summed E-state index contributed by atoms with van der Waals surface area (Å²) in [6, 6.07) is 4.26. The van der Waals surface area contributed by atoms with Crippen LogP contribution in [-0.4, -0.2) is 93.5 Å². The lowest BCUT2D eigenvalue weighted by atomic mass is 9.96. The third-order valence-electron chi connectivity index (χ3n) is 10.6. The molecule has 0 saturated carbocycles. The molecule has 1 aromatic heterocycles. The number of thiazole rings is 1. The highest BCUT2D eigenvalue weighted by molar-refractivity contribution is 7.09. The van der Waals surface area contributed by atoms with E-state index in [1.807, 2.05) is 58.0 Å². The van der Waals surface area contributed by atoms with Gasteiger partial charge in [0.25, 0.3) is 5.91 Å². The second kappa shape index (κ2) is 16.8. The number of carbonyl (C=O) groups excluding carboxylic acids is 6. The summed E-state index contributed by atoms with van der Waals surface area (Å²) in [6.07, 6.45) is 3.59. The maximum absolute atomic E-state index is 14.3. The molecule has 8 atom stereocenters. The van der Waals surface area contributed by atoms with Gasteiger partial charge in [-0.05, 0) is 50.0 Å². The number of fused-ring (bicyclic) bond motifs is 4. The van der Waals surface area contributed by atoms with Gasteiger partial charge in [-0.2, -0.15) is 0 Å². The first-order chi connectivity index (χ1) is 24.4. The molecule has 1 aromatic carbocycles. The number of hydrogen-bond acceptors (Lipinski definition) is 8. The minimum Gasteiger partial charge on any atom is -0.345 e. The summed E-state index contributed by atoms with van der Waals surface area (Å²) in [6.45, 7) is 10.1. The van der Waals surface area contributed by atoms with Crippen molar-refractivity contribution in [2.75, 3.05) is 13.1 Å². The number of amides is 6. The van der Waals surface area contributed by atoms with Gasteiger partial charge in [0, 0.05) is 24.9 Å². The number of carbonyl (C=O) groups is 6. The molecule has 2 unspecified atom stereocenters. The van der Waals surface area contributed by atoms with E-state index in [-0.39, 0.29) is 35.8 Å². The van der Waals surface area contributed by atoms with Crippen LogP contribution in [0.2, 0.25) is 0 Å². The molecular weight excluding hydrogens is 671 g/mol.